The van der Waals surface area contributed by atoms with Gasteiger partial charge in [0.15, 0.2) is 0 Å². The molecular formula is C21H26ClNO5. The van der Waals surface area contributed by atoms with Gasteiger partial charge in [0.2, 0.25) is 0 Å². The zero-order valence-electron chi connectivity index (χ0n) is 15.8. The number of aliphatic carboxylic acids is 2. The van der Waals surface area contributed by atoms with Gasteiger partial charge in [-0.05, 0) is 57.5 Å². The van der Waals surface area contributed by atoms with Crippen LogP contribution in [0.1, 0.15) is 32.1 Å². The van der Waals surface area contributed by atoms with Crippen LogP contribution in [0.25, 0.3) is 10.8 Å². The molecule has 1 aliphatic heterocycles. The van der Waals surface area contributed by atoms with Gasteiger partial charge in [-0.2, -0.15) is 0 Å². The first-order valence-electron chi connectivity index (χ1n) is 9.47. The van der Waals surface area contributed by atoms with Crippen LogP contribution < -0.4 is 4.74 Å². The molecule has 1 saturated heterocycles. The SMILES string of the molecule is Clc1ccc(OCCCCN2CCCCC2)c2ccccc12.O=C(O)C(=O)O. The molecule has 152 valence electrons. The van der Waals surface area contributed by atoms with E-state index in [-0.39, 0.29) is 0 Å². The molecule has 7 heteroatoms. The largest absolute Gasteiger partial charge is 0.493 e. The Morgan fingerprint density at radius 2 is 1.57 bits per heavy atom. The Labute approximate surface area is 169 Å². The van der Waals surface area contributed by atoms with Crippen LogP contribution in [0.4, 0.5) is 0 Å². The van der Waals surface area contributed by atoms with E-state index in [4.69, 9.17) is 36.1 Å². The number of hydrogen-bond acceptors (Lipinski definition) is 4. The number of nitrogens with zero attached hydrogens (tertiary/aromatic N) is 1. The monoisotopic (exact) mass is 407 g/mol. The van der Waals surface area contributed by atoms with Gasteiger partial charge in [-0.25, -0.2) is 9.59 Å². The predicted octanol–water partition coefficient (Wildman–Crippen LogP) is 4.29. The minimum absolute atomic E-state index is 0.777. The molecule has 28 heavy (non-hydrogen) atoms. The van der Waals surface area contributed by atoms with E-state index >= 15 is 0 Å². The predicted molar refractivity (Wildman–Crippen MR) is 109 cm³/mol. The summed E-state index contributed by atoms with van der Waals surface area (Å²) in [4.78, 5) is 20.8. The zero-order chi connectivity index (χ0) is 20.4. The van der Waals surface area contributed by atoms with Gasteiger partial charge in [0.25, 0.3) is 0 Å². The van der Waals surface area contributed by atoms with Crippen molar-refractivity contribution < 1.29 is 24.5 Å². The molecule has 0 radical (unpaired) electrons. The first-order chi connectivity index (χ1) is 13.5. The van der Waals surface area contributed by atoms with Gasteiger partial charge in [-0.1, -0.05) is 42.3 Å². The summed E-state index contributed by atoms with van der Waals surface area (Å²) in [6.45, 7) is 4.55. The van der Waals surface area contributed by atoms with Crippen molar-refractivity contribution in [2.45, 2.75) is 32.1 Å². The molecule has 0 aromatic heterocycles. The normalized spacial score (nSPS) is 14.2. The van der Waals surface area contributed by atoms with Crippen molar-refractivity contribution in [3.63, 3.8) is 0 Å². The summed E-state index contributed by atoms with van der Waals surface area (Å²) in [6, 6.07) is 12.1. The fourth-order valence-electron chi connectivity index (χ4n) is 3.16. The Morgan fingerprint density at radius 3 is 2.21 bits per heavy atom. The molecule has 1 aliphatic rings. The summed E-state index contributed by atoms with van der Waals surface area (Å²) in [5.74, 6) is -2.71. The molecule has 0 bridgehead atoms. The average Bonchev–Trinajstić information content (AvgIpc) is 2.71. The minimum Gasteiger partial charge on any atom is -0.493 e. The third-order valence-electron chi connectivity index (χ3n) is 4.59. The quantitative estimate of drug-likeness (QED) is 0.548. The third kappa shape index (κ3) is 7.02. The van der Waals surface area contributed by atoms with Crippen LogP contribution >= 0.6 is 11.6 Å². The molecule has 2 aromatic carbocycles. The van der Waals surface area contributed by atoms with Gasteiger partial charge in [0.05, 0.1) is 6.61 Å². The second-order valence-corrected chi connectivity index (χ2v) is 7.07. The Hall–Kier alpha value is -2.31. The van der Waals surface area contributed by atoms with Gasteiger partial charge >= 0.3 is 11.9 Å². The van der Waals surface area contributed by atoms with Crippen LogP contribution in [0.2, 0.25) is 5.02 Å². The minimum atomic E-state index is -1.82. The first kappa shape index (κ1) is 22.0. The number of halogens is 1. The van der Waals surface area contributed by atoms with E-state index < -0.39 is 11.9 Å². The summed E-state index contributed by atoms with van der Waals surface area (Å²) < 4.78 is 5.99. The smallest absolute Gasteiger partial charge is 0.414 e. The van der Waals surface area contributed by atoms with Crippen LogP contribution in [0.5, 0.6) is 5.75 Å². The van der Waals surface area contributed by atoms with Gasteiger partial charge in [-0.3, -0.25) is 0 Å². The van der Waals surface area contributed by atoms with E-state index in [2.05, 4.69) is 11.0 Å². The molecule has 0 unspecified atom stereocenters. The number of piperidine rings is 1. The lowest BCUT2D eigenvalue weighted by atomic mass is 10.1. The lowest BCUT2D eigenvalue weighted by molar-refractivity contribution is -0.159. The molecule has 0 amide bonds. The number of fused-ring (bicyclic) bond motifs is 1. The van der Waals surface area contributed by atoms with Crippen molar-refractivity contribution in [3.8, 4) is 5.75 Å². The topological polar surface area (TPSA) is 87.1 Å². The second kappa shape index (κ2) is 11.5. The summed E-state index contributed by atoms with van der Waals surface area (Å²) in [7, 11) is 0. The molecule has 3 rings (SSSR count). The molecule has 2 N–H and O–H groups in total. The molecular weight excluding hydrogens is 382 g/mol. The molecule has 0 atom stereocenters. The highest BCUT2D eigenvalue weighted by Crippen LogP contribution is 2.31. The van der Waals surface area contributed by atoms with Crippen LogP contribution in [-0.2, 0) is 9.59 Å². The Morgan fingerprint density at radius 1 is 0.929 bits per heavy atom. The van der Waals surface area contributed by atoms with Crippen molar-refractivity contribution in [2.24, 2.45) is 0 Å². The lowest BCUT2D eigenvalue weighted by Gasteiger charge is -2.26. The maximum Gasteiger partial charge on any atom is 0.414 e. The van der Waals surface area contributed by atoms with Gasteiger partial charge in [0.1, 0.15) is 5.75 Å². The summed E-state index contributed by atoms with van der Waals surface area (Å²) in [5, 5.41) is 17.7. The van der Waals surface area contributed by atoms with E-state index in [1.165, 1.54) is 45.3 Å². The van der Waals surface area contributed by atoms with Crippen molar-refractivity contribution >= 4 is 34.3 Å². The standard InChI is InChI=1S/C19H24ClNO.C2H2O4/c20-18-10-11-19(17-9-3-2-8-16(17)18)22-15-7-6-14-21-12-4-1-5-13-21;3-1(4)2(5)6/h2-3,8-11H,1,4-7,12-15H2;(H,3,4)(H,5,6). The summed E-state index contributed by atoms with van der Waals surface area (Å²) in [5.41, 5.74) is 0. The Kier molecular flexibility index (Phi) is 9.04. The van der Waals surface area contributed by atoms with Crippen molar-refractivity contribution in [1.82, 2.24) is 4.90 Å². The van der Waals surface area contributed by atoms with Crippen LogP contribution in [0.15, 0.2) is 36.4 Å². The fraction of sp³-hybridized carbons (Fsp3) is 0.429. The maximum atomic E-state index is 9.10. The highest BCUT2D eigenvalue weighted by Gasteiger charge is 2.09. The molecule has 1 heterocycles. The van der Waals surface area contributed by atoms with Gasteiger partial charge in [-0.15, -0.1) is 0 Å². The number of rotatable bonds is 6. The molecule has 0 saturated carbocycles. The number of hydrogen-bond donors (Lipinski definition) is 2. The van der Waals surface area contributed by atoms with Crippen molar-refractivity contribution in [2.75, 3.05) is 26.2 Å². The third-order valence-corrected chi connectivity index (χ3v) is 4.92. The second-order valence-electron chi connectivity index (χ2n) is 6.66. The van der Waals surface area contributed by atoms with E-state index in [1.807, 2.05) is 30.3 Å². The van der Waals surface area contributed by atoms with Crippen LogP contribution in [0.3, 0.4) is 0 Å². The van der Waals surface area contributed by atoms with E-state index in [0.29, 0.717) is 0 Å². The number of benzene rings is 2. The maximum absolute atomic E-state index is 9.10. The molecule has 2 aromatic rings. The summed E-state index contributed by atoms with van der Waals surface area (Å²) >= 11 is 6.24. The Balaban J connectivity index is 0.000000409. The number of ether oxygens (including phenoxy) is 1. The van der Waals surface area contributed by atoms with Gasteiger partial charge < -0.3 is 19.8 Å². The highest BCUT2D eigenvalue weighted by molar-refractivity contribution is 6.35. The molecule has 1 fully saturated rings. The average molecular weight is 408 g/mol. The zero-order valence-corrected chi connectivity index (χ0v) is 16.5. The molecule has 0 aliphatic carbocycles. The van der Waals surface area contributed by atoms with E-state index in [0.717, 1.165) is 34.6 Å². The molecule has 0 spiro atoms. The number of carboxylic acids is 2. The van der Waals surface area contributed by atoms with E-state index in [1.54, 1.807) is 0 Å². The van der Waals surface area contributed by atoms with E-state index in [9.17, 15) is 0 Å². The Bertz CT molecular complexity index is 777. The molecule has 6 nitrogen and oxygen atoms in total. The van der Waals surface area contributed by atoms with Crippen LogP contribution in [0, 0.1) is 0 Å². The number of unbranched alkanes of at least 4 members (excludes halogenated alkanes) is 1. The van der Waals surface area contributed by atoms with Gasteiger partial charge in [0, 0.05) is 15.8 Å². The summed E-state index contributed by atoms with van der Waals surface area (Å²) in [6.07, 6.45) is 6.46. The van der Waals surface area contributed by atoms with Crippen molar-refractivity contribution in [1.29, 1.82) is 0 Å². The number of likely N-dealkylation sites (tertiary alicyclic amines) is 1. The number of carbonyl (C=O) groups is 2. The van der Waals surface area contributed by atoms with Crippen LogP contribution in [-0.4, -0.2) is 53.3 Å². The highest BCUT2D eigenvalue weighted by atomic mass is 35.5. The van der Waals surface area contributed by atoms with Crippen molar-refractivity contribution in [3.05, 3.63) is 41.4 Å². The first-order valence-corrected chi connectivity index (χ1v) is 9.85. The number of carboxylic acid groups (broad SMARTS) is 2. The fourth-order valence-corrected chi connectivity index (χ4v) is 3.39. The lowest BCUT2D eigenvalue weighted by Crippen LogP contribution is -2.30.